The Labute approximate surface area is 66.8 Å². The molecule has 0 spiro atoms. The Kier molecular flexibility index (Phi) is 2.65. The summed E-state index contributed by atoms with van der Waals surface area (Å²) in [4.78, 5) is 4.20. The molecule has 62 valence electrons. The molecule has 1 rings (SSSR count). The molecule has 3 heteroatoms. The first-order valence-corrected chi connectivity index (χ1v) is 3.84. The van der Waals surface area contributed by atoms with Crippen LogP contribution in [-0.2, 0) is 0 Å². The van der Waals surface area contributed by atoms with Crippen molar-refractivity contribution < 1.29 is 5.11 Å². The van der Waals surface area contributed by atoms with Crippen LogP contribution in [0.25, 0.3) is 0 Å². The van der Waals surface area contributed by atoms with Crippen LogP contribution < -0.4 is 5.32 Å². The molecule has 3 nitrogen and oxygen atoms in total. The van der Waals surface area contributed by atoms with E-state index in [0.29, 0.717) is 0 Å². The summed E-state index contributed by atoms with van der Waals surface area (Å²) in [6, 6.07) is 0. The molecular formula is C8H14N2O. The number of nitrogens with one attached hydrogen (secondary N) is 1. The molecule has 1 heterocycles. The van der Waals surface area contributed by atoms with Gasteiger partial charge in [0.05, 0.1) is 18.6 Å². The fourth-order valence-corrected chi connectivity index (χ4v) is 1.18. The highest BCUT2D eigenvalue weighted by Crippen LogP contribution is 2.08. The summed E-state index contributed by atoms with van der Waals surface area (Å²) in [5.74, 6) is 0.840. The van der Waals surface area contributed by atoms with Crippen LogP contribution in [0.1, 0.15) is 6.92 Å². The predicted octanol–water partition coefficient (Wildman–Crippen LogP) is 0.171. The van der Waals surface area contributed by atoms with E-state index >= 15 is 0 Å². The second kappa shape index (κ2) is 3.53. The molecule has 0 radical (unpaired) electrons. The molecule has 0 aromatic carbocycles. The highest BCUT2D eigenvalue weighted by Gasteiger charge is 2.19. The molecule has 0 saturated carbocycles. The average molecular weight is 154 g/mol. The highest BCUT2D eigenvalue weighted by atomic mass is 16.3. The number of aliphatic hydroxyl groups excluding tert-OH is 1. The van der Waals surface area contributed by atoms with Gasteiger partial charge in [-0.2, -0.15) is 0 Å². The predicted molar refractivity (Wildman–Crippen MR) is 45.7 cm³/mol. The van der Waals surface area contributed by atoms with Gasteiger partial charge in [0, 0.05) is 6.54 Å². The van der Waals surface area contributed by atoms with Gasteiger partial charge in [-0.05, 0) is 6.92 Å². The van der Waals surface area contributed by atoms with E-state index in [1.165, 1.54) is 0 Å². The molecule has 0 amide bonds. The van der Waals surface area contributed by atoms with Crippen LogP contribution in [0, 0.1) is 5.92 Å². The molecule has 0 aromatic heterocycles. The van der Waals surface area contributed by atoms with Crippen molar-refractivity contribution in [1.82, 2.24) is 5.32 Å². The van der Waals surface area contributed by atoms with E-state index in [1.54, 1.807) is 13.0 Å². The lowest BCUT2D eigenvalue weighted by molar-refractivity contribution is 0.175. The van der Waals surface area contributed by atoms with Crippen molar-refractivity contribution in [3.63, 3.8) is 0 Å². The Bertz CT molecular complexity index is 175. The zero-order valence-corrected chi connectivity index (χ0v) is 6.75. The summed E-state index contributed by atoms with van der Waals surface area (Å²) >= 11 is 0. The fraction of sp³-hybridized carbons (Fsp3) is 0.625. The van der Waals surface area contributed by atoms with Gasteiger partial charge in [-0.25, -0.2) is 0 Å². The van der Waals surface area contributed by atoms with Crippen molar-refractivity contribution in [3.8, 4) is 0 Å². The first kappa shape index (κ1) is 8.27. The molecule has 0 saturated heterocycles. The Morgan fingerprint density at radius 1 is 1.82 bits per heavy atom. The Balaban J connectivity index is 2.60. The van der Waals surface area contributed by atoms with Gasteiger partial charge < -0.3 is 10.4 Å². The normalized spacial score (nSPS) is 21.8. The van der Waals surface area contributed by atoms with Crippen molar-refractivity contribution in [2.24, 2.45) is 10.9 Å². The maximum absolute atomic E-state index is 9.28. The van der Waals surface area contributed by atoms with E-state index in [2.05, 4.69) is 16.9 Å². The van der Waals surface area contributed by atoms with Crippen LogP contribution in [0.4, 0.5) is 0 Å². The molecule has 0 fully saturated rings. The van der Waals surface area contributed by atoms with Crippen LogP contribution in [0.15, 0.2) is 17.6 Å². The first-order valence-electron chi connectivity index (χ1n) is 3.84. The number of hydrogen-bond donors (Lipinski definition) is 2. The number of aliphatic imine (C=N–C) groups is 1. The monoisotopic (exact) mass is 154 g/mol. The fourth-order valence-electron chi connectivity index (χ4n) is 1.18. The van der Waals surface area contributed by atoms with E-state index in [1.807, 2.05) is 0 Å². The molecule has 0 bridgehead atoms. The Morgan fingerprint density at radius 3 is 2.91 bits per heavy atom. The molecule has 11 heavy (non-hydrogen) atoms. The summed E-state index contributed by atoms with van der Waals surface area (Å²) in [5.41, 5.74) is 0. The van der Waals surface area contributed by atoms with Gasteiger partial charge in [0.2, 0.25) is 0 Å². The van der Waals surface area contributed by atoms with Crippen molar-refractivity contribution in [1.29, 1.82) is 0 Å². The van der Waals surface area contributed by atoms with Crippen molar-refractivity contribution >= 4 is 5.84 Å². The SMILES string of the molecule is C=CC(C1=NCCN1)C(C)O. The van der Waals surface area contributed by atoms with Gasteiger partial charge >= 0.3 is 0 Å². The standard InChI is InChI=1S/C8H14N2O/c1-3-7(6(2)11)8-9-4-5-10-8/h3,6-7,11H,1,4-5H2,2H3,(H,9,10). The second-order valence-electron chi connectivity index (χ2n) is 2.70. The van der Waals surface area contributed by atoms with Gasteiger partial charge in [-0.3, -0.25) is 4.99 Å². The number of nitrogens with zero attached hydrogens (tertiary/aromatic N) is 1. The minimum atomic E-state index is -0.406. The first-order chi connectivity index (χ1) is 5.25. The highest BCUT2D eigenvalue weighted by molar-refractivity contribution is 5.87. The molecule has 1 aliphatic heterocycles. The summed E-state index contributed by atoms with van der Waals surface area (Å²) in [7, 11) is 0. The summed E-state index contributed by atoms with van der Waals surface area (Å²) in [6.45, 7) is 7.08. The van der Waals surface area contributed by atoms with Gasteiger partial charge in [0.25, 0.3) is 0 Å². The Hall–Kier alpha value is -0.830. The van der Waals surface area contributed by atoms with Crippen LogP contribution in [0.3, 0.4) is 0 Å². The van der Waals surface area contributed by atoms with Crippen LogP contribution >= 0.6 is 0 Å². The average Bonchev–Trinajstić information content (AvgIpc) is 2.40. The minimum Gasteiger partial charge on any atom is -0.392 e. The molecule has 1 aliphatic rings. The zero-order valence-electron chi connectivity index (χ0n) is 6.75. The lowest BCUT2D eigenvalue weighted by atomic mass is 10.0. The van der Waals surface area contributed by atoms with Gasteiger partial charge in [0.1, 0.15) is 5.84 Å². The van der Waals surface area contributed by atoms with Crippen LogP contribution in [0.5, 0.6) is 0 Å². The molecule has 0 aliphatic carbocycles. The quantitative estimate of drug-likeness (QED) is 0.569. The lowest BCUT2D eigenvalue weighted by Gasteiger charge is -2.15. The lowest BCUT2D eigenvalue weighted by Crippen LogP contribution is -2.32. The van der Waals surface area contributed by atoms with Crippen molar-refractivity contribution in [2.45, 2.75) is 13.0 Å². The van der Waals surface area contributed by atoms with E-state index in [9.17, 15) is 5.11 Å². The zero-order chi connectivity index (χ0) is 8.27. The van der Waals surface area contributed by atoms with Crippen LogP contribution in [0.2, 0.25) is 0 Å². The summed E-state index contributed by atoms with van der Waals surface area (Å²) < 4.78 is 0. The van der Waals surface area contributed by atoms with Gasteiger partial charge in [-0.1, -0.05) is 6.08 Å². The summed E-state index contributed by atoms with van der Waals surface area (Å²) in [6.07, 6.45) is 1.32. The third-order valence-corrected chi connectivity index (χ3v) is 1.79. The number of rotatable bonds is 3. The maximum Gasteiger partial charge on any atom is 0.106 e. The van der Waals surface area contributed by atoms with E-state index in [4.69, 9.17) is 0 Å². The third-order valence-electron chi connectivity index (χ3n) is 1.79. The number of aliphatic hydroxyl groups is 1. The van der Waals surface area contributed by atoms with Gasteiger partial charge in [0.15, 0.2) is 0 Å². The van der Waals surface area contributed by atoms with E-state index in [-0.39, 0.29) is 5.92 Å². The third kappa shape index (κ3) is 1.80. The van der Waals surface area contributed by atoms with E-state index in [0.717, 1.165) is 18.9 Å². The molecule has 0 aromatic rings. The topological polar surface area (TPSA) is 44.6 Å². The smallest absolute Gasteiger partial charge is 0.106 e. The molecular weight excluding hydrogens is 140 g/mol. The second-order valence-corrected chi connectivity index (χ2v) is 2.70. The van der Waals surface area contributed by atoms with E-state index < -0.39 is 6.10 Å². The number of hydrogen-bond acceptors (Lipinski definition) is 3. The largest absolute Gasteiger partial charge is 0.392 e. The maximum atomic E-state index is 9.28. The molecule has 2 unspecified atom stereocenters. The Morgan fingerprint density at radius 2 is 2.55 bits per heavy atom. The van der Waals surface area contributed by atoms with Crippen molar-refractivity contribution in [3.05, 3.63) is 12.7 Å². The van der Waals surface area contributed by atoms with Crippen molar-refractivity contribution in [2.75, 3.05) is 13.1 Å². The van der Waals surface area contributed by atoms with Crippen LogP contribution in [-0.4, -0.2) is 30.1 Å². The molecule has 2 N–H and O–H groups in total. The number of amidine groups is 1. The minimum absolute atomic E-state index is 0.0301. The van der Waals surface area contributed by atoms with Gasteiger partial charge in [-0.15, -0.1) is 6.58 Å². The molecule has 2 atom stereocenters. The summed E-state index contributed by atoms with van der Waals surface area (Å²) in [5, 5.41) is 12.4.